The van der Waals surface area contributed by atoms with E-state index in [4.69, 9.17) is 0 Å². The summed E-state index contributed by atoms with van der Waals surface area (Å²) in [5.74, 6) is -0.0698. The van der Waals surface area contributed by atoms with Crippen LogP contribution in [0.5, 0.6) is 0 Å². The van der Waals surface area contributed by atoms with Crippen LogP contribution in [0.4, 0.5) is 5.69 Å². The fraction of sp³-hybridized carbons (Fsp3) is 0.250. The number of rotatable bonds is 5. The number of carbonyl (C=O) groups is 1. The highest BCUT2D eigenvalue weighted by Gasteiger charge is 2.14. The van der Waals surface area contributed by atoms with Gasteiger partial charge in [-0.25, -0.2) is 4.79 Å². The Bertz CT molecular complexity index is 943. The summed E-state index contributed by atoms with van der Waals surface area (Å²) in [5.41, 5.74) is 3.00. The van der Waals surface area contributed by atoms with Crippen molar-refractivity contribution < 1.29 is 9.69 Å². The van der Waals surface area contributed by atoms with Crippen molar-refractivity contribution in [2.24, 2.45) is 0 Å². The first kappa shape index (κ1) is 16.9. The van der Waals surface area contributed by atoms with E-state index in [9.17, 15) is 9.59 Å². The second kappa shape index (κ2) is 6.92. The molecule has 2 aromatic heterocycles. The Hall–Kier alpha value is -1.90. The molecule has 0 radical (unpaired) electrons. The van der Waals surface area contributed by atoms with E-state index in [2.05, 4.69) is 49.6 Å². The lowest BCUT2D eigenvalue weighted by Crippen LogP contribution is -3.08. The number of hydrogen-bond donors (Lipinski definition) is 4. The number of nitrogens with one attached hydrogen (secondary N) is 4. The standard InChI is InChI=1S/C16H17BrN4O2S/c1-9-3-4-24-14(9)7-21(2)8-15(22)18-11-6-13-12(5-10(11)17)19-16(23)20-13/h3-6H,7-8H2,1-2H3,(H,18,22)(H2,19,20,23)/p+1. The van der Waals surface area contributed by atoms with Crippen LogP contribution in [0.2, 0.25) is 0 Å². The Morgan fingerprint density at radius 3 is 2.71 bits per heavy atom. The third kappa shape index (κ3) is 3.77. The Morgan fingerprint density at radius 1 is 1.33 bits per heavy atom. The predicted molar refractivity (Wildman–Crippen MR) is 99.8 cm³/mol. The van der Waals surface area contributed by atoms with Gasteiger partial charge in [0, 0.05) is 4.47 Å². The first-order valence-corrected chi connectivity index (χ1v) is 9.15. The number of aryl methyl sites for hydroxylation is 1. The fourth-order valence-corrected chi connectivity index (χ4v) is 4.00. The van der Waals surface area contributed by atoms with E-state index in [-0.39, 0.29) is 11.6 Å². The van der Waals surface area contributed by atoms with Gasteiger partial charge in [-0.05, 0) is 52.0 Å². The van der Waals surface area contributed by atoms with Crippen LogP contribution in [0.15, 0.2) is 32.8 Å². The molecule has 0 aliphatic rings. The third-order valence-corrected chi connectivity index (χ3v) is 5.45. The molecule has 1 aromatic carbocycles. The number of H-pyrrole nitrogens is 2. The van der Waals surface area contributed by atoms with E-state index in [1.165, 1.54) is 10.4 Å². The quantitative estimate of drug-likeness (QED) is 0.516. The maximum absolute atomic E-state index is 12.3. The maximum atomic E-state index is 12.3. The SMILES string of the molecule is Cc1ccsc1C[NH+](C)CC(=O)Nc1cc2[nH]c(=O)[nH]c2cc1Br. The van der Waals surface area contributed by atoms with Gasteiger partial charge in [-0.15, -0.1) is 11.3 Å². The summed E-state index contributed by atoms with van der Waals surface area (Å²) in [4.78, 5) is 31.4. The van der Waals surface area contributed by atoms with Crippen LogP contribution < -0.4 is 15.9 Å². The molecule has 0 saturated carbocycles. The van der Waals surface area contributed by atoms with Crippen LogP contribution in [0, 0.1) is 6.92 Å². The van der Waals surface area contributed by atoms with Gasteiger partial charge in [0.25, 0.3) is 5.91 Å². The Morgan fingerprint density at radius 2 is 2.04 bits per heavy atom. The monoisotopic (exact) mass is 409 g/mol. The minimum Gasteiger partial charge on any atom is -0.325 e. The molecule has 8 heteroatoms. The number of imidazole rings is 1. The summed E-state index contributed by atoms with van der Waals surface area (Å²) in [6.45, 7) is 3.27. The molecule has 0 aliphatic heterocycles. The number of aromatic amines is 2. The third-order valence-electron chi connectivity index (χ3n) is 3.77. The second-order valence-electron chi connectivity index (χ2n) is 5.84. The van der Waals surface area contributed by atoms with Crippen LogP contribution in [-0.2, 0) is 11.3 Å². The van der Waals surface area contributed by atoms with Crippen molar-refractivity contribution in [1.82, 2.24) is 9.97 Å². The largest absolute Gasteiger partial charge is 0.325 e. The number of likely N-dealkylation sites (N-methyl/N-ethyl adjacent to an activating group) is 1. The van der Waals surface area contributed by atoms with Crippen molar-refractivity contribution in [3.8, 4) is 0 Å². The van der Waals surface area contributed by atoms with Gasteiger partial charge in [0.2, 0.25) is 0 Å². The molecule has 1 unspecified atom stereocenters. The number of fused-ring (bicyclic) bond motifs is 1. The zero-order chi connectivity index (χ0) is 17.3. The number of halogens is 1. The number of aromatic nitrogens is 2. The zero-order valence-corrected chi connectivity index (χ0v) is 15.7. The molecule has 0 fully saturated rings. The molecule has 126 valence electrons. The van der Waals surface area contributed by atoms with Gasteiger partial charge in [-0.2, -0.15) is 0 Å². The highest BCUT2D eigenvalue weighted by Crippen LogP contribution is 2.26. The average molecular weight is 410 g/mol. The maximum Gasteiger partial charge on any atom is 0.323 e. The van der Waals surface area contributed by atoms with Crippen molar-refractivity contribution in [3.05, 3.63) is 49.0 Å². The number of hydrogen-bond acceptors (Lipinski definition) is 3. The summed E-state index contributed by atoms with van der Waals surface area (Å²) in [7, 11) is 2.00. The lowest BCUT2D eigenvalue weighted by atomic mass is 10.2. The smallest absolute Gasteiger partial charge is 0.323 e. The minimum atomic E-state index is -0.268. The molecule has 1 atom stereocenters. The molecule has 4 N–H and O–H groups in total. The molecule has 24 heavy (non-hydrogen) atoms. The number of carbonyl (C=O) groups excluding carboxylic acids is 1. The van der Waals surface area contributed by atoms with Crippen molar-refractivity contribution in [2.45, 2.75) is 13.5 Å². The number of benzene rings is 1. The number of quaternary nitrogens is 1. The summed E-state index contributed by atoms with van der Waals surface area (Å²) in [5, 5.41) is 4.97. The van der Waals surface area contributed by atoms with E-state index in [1.54, 1.807) is 23.5 Å². The lowest BCUT2D eigenvalue weighted by molar-refractivity contribution is -0.884. The number of anilines is 1. The molecule has 0 saturated heterocycles. The molecule has 6 nitrogen and oxygen atoms in total. The first-order valence-electron chi connectivity index (χ1n) is 7.48. The molecular weight excluding hydrogens is 392 g/mol. The van der Waals surface area contributed by atoms with E-state index < -0.39 is 0 Å². The summed E-state index contributed by atoms with van der Waals surface area (Å²) in [6.07, 6.45) is 0. The highest BCUT2D eigenvalue weighted by molar-refractivity contribution is 9.10. The first-order chi connectivity index (χ1) is 11.4. The van der Waals surface area contributed by atoms with Crippen molar-refractivity contribution in [2.75, 3.05) is 18.9 Å². The molecule has 0 spiro atoms. The van der Waals surface area contributed by atoms with Gasteiger partial charge in [0.15, 0.2) is 6.54 Å². The number of amides is 1. The van der Waals surface area contributed by atoms with Crippen LogP contribution in [0.1, 0.15) is 10.4 Å². The van der Waals surface area contributed by atoms with Crippen LogP contribution >= 0.6 is 27.3 Å². The normalized spacial score (nSPS) is 12.5. The van der Waals surface area contributed by atoms with Gasteiger partial charge in [0.05, 0.1) is 28.6 Å². The van der Waals surface area contributed by atoms with Gasteiger partial charge in [-0.3, -0.25) is 4.79 Å². The van der Waals surface area contributed by atoms with Crippen molar-refractivity contribution >= 4 is 49.9 Å². The molecule has 3 rings (SSSR count). The molecule has 3 aromatic rings. The van der Waals surface area contributed by atoms with Crippen molar-refractivity contribution in [1.29, 1.82) is 0 Å². The summed E-state index contributed by atoms with van der Waals surface area (Å²) < 4.78 is 0.727. The Balaban J connectivity index is 1.67. The lowest BCUT2D eigenvalue weighted by Gasteiger charge is -2.14. The Kier molecular flexibility index (Phi) is 4.88. The van der Waals surface area contributed by atoms with E-state index in [0.717, 1.165) is 15.9 Å². The fourth-order valence-electron chi connectivity index (χ4n) is 2.54. The average Bonchev–Trinajstić information content (AvgIpc) is 3.04. The Labute approximate surface area is 151 Å². The summed E-state index contributed by atoms with van der Waals surface area (Å²) in [6, 6.07) is 5.61. The van der Waals surface area contributed by atoms with Gasteiger partial charge in [0.1, 0.15) is 6.54 Å². The molecule has 2 heterocycles. The van der Waals surface area contributed by atoms with Gasteiger partial charge in [-0.1, -0.05) is 0 Å². The zero-order valence-electron chi connectivity index (χ0n) is 13.3. The molecule has 1 amide bonds. The van der Waals surface area contributed by atoms with E-state index in [1.807, 2.05) is 7.05 Å². The molecule has 0 bridgehead atoms. The molecule has 0 aliphatic carbocycles. The predicted octanol–water partition coefficient (Wildman–Crippen LogP) is 1.64. The minimum absolute atomic E-state index is 0.0698. The number of thiophene rings is 1. The van der Waals surface area contributed by atoms with Gasteiger partial charge < -0.3 is 20.2 Å². The van der Waals surface area contributed by atoms with Crippen LogP contribution in [0.25, 0.3) is 11.0 Å². The topological polar surface area (TPSA) is 82.2 Å². The van der Waals surface area contributed by atoms with E-state index in [0.29, 0.717) is 23.3 Å². The second-order valence-corrected chi connectivity index (χ2v) is 7.70. The van der Waals surface area contributed by atoms with E-state index >= 15 is 0 Å². The molecular formula is C16H18BrN4O2S+. The van der Waals surface area contributed by atoms with Crippen LogP contribution in [-0.4, -0.2) is 29.5 Å². The summed E-state index contributed by atoms with van der Waals surface area (Å²) >= 11 is 5.14. The van der Waals surface area contributed by atoms with Crippen molar-refractivity contribution in [3.63, 3.8) is 0 Å². The van der Waals surface area contributed by atoms with Crippen LogP contribution in [0.3, 0.4) is 0 Å². The van der Waals surface area contributed by atoms with Gasteiger partial charge >= 0.3 is 5.69 Å². The highest BCUT2D eigenvalue weighted by atomic mass is 79.9.